The molecule has 0 spiro atoms. The van der Waals surface area contributed by atoms with Crippen LogP contribution in [0.4, 0.5) is 0 Å². The van der Waals surface area contributed by atoms with Crippen LogP contribution in [0.25, 0.3) is 0 Å². The summed E-state index contributed by atoms with van der Waals surface area (Å²) in [4.78, 5) is 0. The summed E-state index contributed by atoms with van der Waals surface area (Å²) in [6, 6.07) is 0. The fraction of sp³-hybridized carbons (Fsp3) is 0. The monoisotopic (exact) mass is 308 g/mol. The van der Waals surface area contributed by atoms with Crippen molar-refractivity contribution in [2.45, 2.75) is 0 Å². The van der Waals surface area contributed by atoms with E-state index >= 15 is 0 Å². The Bertz CT molecular complexity index is 92.2. The Kier molecular flexibility index (Phi) is 19.4. The number of hydrogen-bond donors (Lipinski definition) is 0. The zero-order chi connectivity index (χ0) is 14.1. The molecule has 0 aromatic rings. The molecular formula is C20H20Ti. The van der Waals surface area contributed by atoms with Crippen LogP contribution in [0.5, 0.6) is 0 Å². The standard InChI is InChI=1S/4C5H5.Ti/c4*1-2-4-5-3-1;/h4*1-5H;. The van der Waals surface area contributed by atoms with Gasteiger partial charge in [-0.25, -0.2) is 0 Å². The van der Waals surface area contributed by atoms with Crippen LogP contribution in [0.15, 0.2) is 0 Å². The molecule has 0 nitrogen and oxygen atoms in total. The smallest absolute Gasteiger partial charge is 0 e. The molecule has 0 aromatic carbocycles. The van der Waals surface area contributed by atoms with Crippen molar-refractivity contribution in [2.24, 2.45) is 0 Å². The predicted octanol–water partition coefficient (Wildman–Crippen LogP) is 4.08. The summed E-state index contributed by atoms with van der Waals surface area (Å²) in [6.45, 7) is 0. The molecule has 0 N–H and O–H groups in total. The van der Waals surface area contributed by atoms with Gasteiger partial charge in [-0.2, -0.15) is 0 Å². The molecule has 0 saturated heterocycles. The first-order chi connectivity index (χ1) is 10.0. The maximum absolute atomic E-state index is 2.00. The second kappa shape index (κ2) is 18.8. The molecule has 4 aliphatic rings. The van der Waals surface area contributed by atoms with E-state index in [0.717, 1.165) is 0 Å². The van der Waals surface area contributed by atoms with Gasteiger partial charge in [0.15, 0.2) is 0 Å². The molecule has 0 aromatic heterocycles. The summed E-state index contributed by atoms with van der Waals surface area (Å²) in [6.07, 6.45) is 40.0. The van der Waals surface area contributed by atoms with E-state index in [1.807, 2.05) is 128 Å². The van der Waals surface area contributed by atoms with Crippen LogP contribution in [0.3, 0.4) is 0 Å². The van der Waals surface area contributed by atoms with Gasteiger partial charge in [0.05, 0.1) is 0 Å². The maximum Gasteiger partial charge on any atom is 0 e. The second-order valence-corrected chi connectivity index (χ2v) is 3.85. The van der Waals surface area contributed by atoms with Crippen molar-refractivity contribution in [3.63, 3.8) is 0 Å². The summed E-state index contributed by atoms with van der Waals surface area (Å²) in [5.74, 6) is 0. The van der Waals surface area contributed by atoms with Gasteiger partial charge in [0, 0.05) is 21.7 Å². The van der Waals surface area contributed by atoms with Gasteiger partial charge in [-0.15, -0.1) is 0 Å². The molecule has 4 saturated carbocycles. The molecule has 4 fully saturated rings. The minimum atomic E-state index is 0. The van der Waals surface area contributed by atoms with E-state index in [-0.39, 0.29) is 21.7 Å². The van der Waals surface area contributed by atoms with E-state index in [1.165, 1.54) is 0 Å². The molecule has 0 aliphatic heterocycles. The average Bonchev–Trinajstić information content (AvgIpc) is 3.40. The van der Waals surface area contributed by atoms with Crippen molar-refractivity contribution >= 4 is 0 Å². The molecular weight excluding hydrogens is 288 g/mol. The van der Waals surface area contributed by atoms with E-state index in [9.17, 15) is 0 Å². The first-order valence-corrected chi connectivity index (χ1v) is 6.67. The molecule has 21 heavy (non-hydrogen) atoms. The van der Waals surface area contributed by atoms with Crippen LogP contribution in [0.2, 0.25) is 0 Å². The van der Waals surface area contributed by atoms with Crippen LogP contribution >= 0.6 is 0 Å². The van der Waals surface area contributed by atoms with Crippen molar-refractivity contribution in [2.75, 3.05) is 0 Å². The molecule has 0 unspecified atom stereocenters. The summed E-state index contributed by atoms with van der Waals surface area (Å²) < 4.78 is 0. The Morgan fingerprint density at radius 3 is 0.238 bits per heavy atom. The Hall–Kier alpha value is 0.714. The molecule has 104 valence electrons. The van der Waals surface area contributed by atoms with Gasteiger partial charge in [0.1, 0.15) is 0 Å². The van der Waals surface area contributed by atoms with Gasteiger partial charge in [0.2, 0.25) is 0 Å². The maximum atomic E-state index is 2.00. The van der Waals surface area contributed by atoms with Gasteiger partial charge in [-0.3, -0.25) is 0 Å². The van der Waals surface area contributed by atoms with Gasteiger partial charge >= 0.3 is 0 Å². The van der Waals surface area contributed by atoms with E-state index in [0.29, 0.717) is 0 Å². The minimum Gasteiger partial charge on any atom is -0.0312 e. The zero-order valence-electron chi connectivity index (χ0n) is 12.0. The van der Waals surface area contributed by atoms with Gasteiger partial charge in [-0.1, -0.05) is 0 Å². The van der Waals surface area contributed by atoms with Gasteiger partial charge in [-0.05, 0) is 128 Å². The summed E-state index contributed by atoms with van der Waals surface area (Å²) >= 11 is 0. The van der Waals surface area contributed by atoms with E-state index < -0.39 is 0 Å². The molecule has 0 amide bonds. The summed E-state index contributed by atoms with van der Waals surface area (Å²) in [7, 11) is 0. The third-order valence-electron chi connectivity index (χ3n) is 2.22. The third kappa shape index (κ3) is 16.9. The van der Waals surface area contributed by atoms with Crippen molar-refractivity contribution < 1.29 is 21.7 Å². The van der Waals surface area contributed by atoms with E-state index in [2.05, 4.69) is 0 Å². The summed E-state index contributed by atoms with van der Waals surface area (Å²) in [5.41, 5.74) is 0. The zero-order valence-corrected chi connectivity index (χ0v) is 13.6. The summed E-state index contributed by atoms with van der Waals surface area (Å²) in [5, 5.41) is 0. The van der Waals surface area contributed by atoms with Crippen LogP contribution in [-0.2, 0) is 21.7 Å². The molecule has 4 rings (SSSR count). The van der Waals surface area contributed by atoms with Crippen molar-refractivity contribution in [3.8, 4) is 0 Å². The SMILES string of the molecule is [CH]1[CH][CH][CH][CH]1.[CH]1[CH][CH][CH][CH]1.[CH]1[CH][CH][CH][CH]1.[CH]1[CH][CH][CH][CH]1.[Ti]. The number of hydrogen-bond acceptors (Lipinski definition) is 0. The molecule has 1 heteroatoms. The van der Waals surface area contributed by atoms with E-state index in [4.69, 9.17) is 0 Å². The normalized spacial score (nSPS) is 22.9. The van der Waals surface area contributed by atoms with Gasteiger partial charge < -0.3 is 0 Å². The van der Waals surface area contributed by atoms with Crippen molar-refractivity contribution in [1.82, 2.24) is 0 Å². The molecule has 0 bridgehead atoms. The van der Waals surface area contributed by atoms with Crippen molar-refractivity contribution in [3.05, 3.63) is 128 Å². The third-order valence-corrected chi connectivity index (χ3v) is 2.22. The minimum absolute atomic E-state index is 0. The molecule has 0 atom stereocenters. The van der Waals surface area contributed by atoms with Crippen LogP contribution in [0, 0.1) is 128 Å². The van der Waals surface area contributed by atoms with Crippen molar-refractivity contribution in [1.29, 1.82) is 0 Å². The first kappa shape index (κ1) is 21.7. The quantitative estimate of drug-likeness (QED) is 0.592. The second-order valence-electron chi connectivity index (χ2n) is 3.85. The Balaban J connectivity index is 0.000000250. The Labute approximate surface area is 150 Å². The fourth-order valence-electron chi connectivity index (χ4n) is 1.28. The Morgan fingerprint density at radius 1 is 0.143 bits per heavy atom. The predicted molar refractivity (Wildman–Crippen MR) is 86.0 cm³/mol. The topological polar surface area (TPSA) is 0 Å². The van der Waals surface area contributed by atoms with E-state index in [1.54, 1.807) is 0 Å². The average molecular weight is 308 g/mol. The van der Waals surface area contributed by atoms with Crippen LogP contribution < -0.4 is 0 Å². The van der Waals surface area contributed by atoms with Crippen LogP contribution in [-0.4, -0.2) is 0 Å². The van der Waals surface area contributed by atoms with Crippen LogP contribution in [0.1, 0.15) is 0 Å². The first-order valence-electron chi connectivity index (χ1n) is 6.67. The molecule has 0 heterocycles. The fourth-order valence-corrected chi connectivity index (χ4v) is 1.28. The largest absolute Gasteiger partial charge is 0.0312 e. The Morgan fingerprint density at radius 2 is 0.190 bits per heavy atom. The van der Waals surface area contributed by atoms with Gasteiger partial charge in [0.25, 0.3) is 0 Å². The molecule has 20 radical (unpaired) electrons. The number of rotatable bonds is 0. The molecule has 4 aliphatic carbocycles.